The van der Waals surface area contributed by atoms with Gasteiger partial charge in [-0.25, -0.2) is 17.9 Å². The van der Waals surface area contributed by atoms with Gasteiger partial charge in [0.15, 0.2) is 0 Å². The molecule has 0 saturated heterocycles. The number of nitrogens with one attached hydrogen (secondary N) is 1. The van der Waals surface area contributed by atoms with Gasteiger partial charge >= 0.3 is 6.16 Å². The van der Waals surface area contributed by atoms with Gasteiger partial charge in [0, 0.05) is 13.4 Å². The minimum Gasteiger partial charge on any atom is -0.428 e. The highest BCUT2D eigenvalue weighted by Crippen LogP contribution is 2.42. The maximum Gasteiger partial charge on any atom is 0.514 e. The maximum atomic E-state index is 12.5. The van der Waals surface area contributed by atoms with E-state index in [1.807, 2.05) is 19.1 Å². The second-order valence-corrected chi connectivity index (χ2v) is 9.73. The van der Waals surface area contributed by atoms with Crippen molar-refractivity contribution in [3.05, 3.63) is 59.7 Å². The first-order chi connectivity index (χ1) is 13.0. The van der Waals surface area contributed by atoms with Crippen LogP contribution < -0.4 is 9.46 Å². The lowest BCUT2D eigenvalue weighted by atomic mass is 10.1. The molecule has 0 amide bonds. The van der Waals surface area contributed by atoms with Gasteiger partial charge in [-0.3, -0.25) is 0 Å². The molecule has 1 N–H and O–H groups in total. The number of carbonyl (C=O) groups is 1. The molecule has 0 spiro atoms. The van der Waals surface area contributed by atoms with E-state index in [9.17, 15) is 13.2 Å². The largest absolute Gasteiger partial charge is 0.514 e. The summed E-state index contributed by atoms with van der Waals surface area (Å²) in [6.45, 7) is 7.21. The van der Waals surface area contributed by atoms with Gasteiger partial charge < -0.3 is 9.47 Å². The molecule has 7 heteroatoms. The summed E-state index contributed by atoms with van der Waals surface area (Å²) < 4.78 is 38.0. The minimum absolute atomic E-state index is 0. The zero-order valence-electron chi connectivity index (χ0n) is 16.4. The Morgan fingerprint density at radius 3 is 2.25 bits per heavy atom. The van der Waals surface area contributed by atoms with E-state index in [0.29, 0.717) is 5.75 Å². The van der Waals surface area contributed by atoms with Gasteiger partial charge in [-0.1, -0.05) is 29.8 Å². The Morgan fingerprint density at radius 1 is 1.07 bits per heavy atom. The standard InChI is InChI=1S/C21H25NO5S.H2/c1-14-5-11-17(12-6-14)28(24,25)22-19-13-18(19)15-7-9-16(10-8-15)26-20(23)27-21(2,3)4;/h5-12,18-19,22H,13H2,1-4H3;1H/t18-,19+;/m0./s1. The summed E-state index contributed by atoms with van der Waals surface area (Å²) >= 11 is 0. The summed E-state index contributed by atoms with van der Waals surface area (Å²) in [4.78, 5) is 12.0. The summed E-state index contributed by atoms with van der Waals surface area (Å²) in [6.07, 6.45) is -0.0208. The molecule has 152 valence electrons. The van der Waals surface area contributed by atoms with Gasteiger partial charge in [-0.2, -0.15) is 0 Å². The van der Waals surface area contributed by atoms with Crippen LogP contribution in [0.15, 0.2) is 53.4 Å². The highest BCUT2D eigenvalue weighted by molar-refractivity contribution is 7.89. The van der Waals surface area contributed by atoms with E-state index < -0.39 is 21.8 Å². The lowest BCUT2D eigenvalue weighted by Gasteiger charge is -2.18. The van der Waals surface area contributed by atoms with Crippen molar-refractivity contribution in [2.45, 2.75) is 56.6 Å². The predicted molar refractivity (Wildman–Crippen MR) is 108 cm³/mol. The van der Waals surface area contributed by atoms with E-state index in [-0.39, 0.29) is 18.3 Å². The van der Waals surface area contributed by atoms with Crippen LogP contribution in [0.5, 0.6) is 5.75 Å². The Hall–Kier alpha value is -2.38. The molecule has 0 bridgehead atoms. The number of benzene rings is 2. The van der Waals surface area contributed by atoms with Crippen LogP contribution >= 0.6 is 0 Å². The smallest absolute Gasteiger partial charge is 0.428 e. The quantitative estimate of drug-likeness (QED) is 0.589. The second-order valence-electron chi connectivity index (χ2n) is 8.02. The fraction of sp³-hybridized carbons (Fsp3) is 0.381. The first kappa shape index (κ1) is 20.4. The first-order valence-corrected chi connectivity index (χ1v) is 10.6. The average molecular weight is 406 g/mol. The average Bonchev–Trinajstić information content (AvgIpc) is 3.32. The van der Waals surface area contributed by atoms with Gasteiger partial charge in [0.1, 0.15) is 11.4 Å². The van der Waals surface area contributed by atoms with Gasteiger partial charge in [0.05, 0.1) is 4.90 Å². The molecule has 3 rings (SSSR count). The lowest BCUT2D eigenvalue weighted by Crippen LogP contribution is -2.26. The molecule has 0 heterocycles. The Labute approximate surface area is 167 Å². The van der Waals surface area contributed by atoms with E-state index in [2.05, 4.69) is 4.72 Å². The Morgan fingerprint density at radius 2 is 1.68 bits per heavy atom. The lowest BCUT2D eigenvalue weighted by molar-refractivity contribution is 0.0206. The molecule has 1 aliphatic carbocycles. The van der Waals surface area contributed by atoms with Crippen molar-refractivity contribution < 1.29 is 24.1 Å². The molecule has 0 aromatic heterocycles. The van der Waals surface area contributed by atoms with E-state index >= 15 is 0 Å². The summed E-state index contributed by atoms with van der Waals surface area (Å²) in [5, 5.41) is 0. The molecule has 1 fully saturated rings. The Kier molecular flexibility index (Phi) is 5.50. The van der Waals surface area contributed by atoms with Crippen molar-refractivity contribution in [1.29, 1.82) is 0 Å². The predicted octanol–water partition coefficient (Wildman–Crippen LogP) is 4.39. The number of carbonyl (C=O) groups excluding carboxylic acids is 1. The third kappa shape index (κ3) is 5.33. The highest BCUT2D eigenvalue weighted by atomic mass is 32.2. The van der Waals surface area contributed by atoms with Crippen molar-refractivity contribution in [2.75, 3.05) is 0 Å². The van der Waals surface area contributed by atoms with Gasteiger partial charge in [-0.15, -0.1) is 0 Å². The Balaban J connectivity index is 0.00000300. The number of aryl methyl sites for hydroxylation is 1. The fourth-order valence-corrected chi connectivity index (χ4v) is 4.12. The zero-order valence-corrected chi connectivity index (χ0v) is 17.2. The third-order valence-corrected chi connectivity index (χ3v) is 5.83. The van der Waals surface area contributed by atoms with Crippen molar-refractivity contribution in [3.63, 3.8) is 0 Å². The van der Waals surface area contributed by atoms with E-state index in [1.165, 1.54) is 0 Å². The van der Waals surface area contributed by atoms with Crippen LogP contribution in [0.3, 0.4) is 0 Å². The molecule has 2 aromatic carbocycles. The maximum absolute atomic E-state index is 12.5. The van der Waals surface area contributed by atoms with Crippen LogP contribution in [0.1, 0.15) is 45.7 Å². The van der Waals surface area contributed by atoms with E-state index in [1.54, 1.807) is 57.2 Å². The van der Waals surface area contributed by atoms with Crippen LogP contribution in [0.4, 0.5) is 4.79 Å². The first-order valence-electron chi connectivity index (χ1n) is 9.13. The molecular formula is C21H27NO5S. The molecule has 1 aliphatic rings. The van der Waals surface area contributed by atoms with Crippen LogP contribution in [-0.2, 0) is 14.8 Å². The molecule has 28 heavy (non-hydrogen) atoms. The number of hydrogen-bond acceptors (Lipinski definition) is 5. The van der Waals surface area contributed by atoms with Crippen molar-refractivity contribution in [3.8, 4) is 5.75 Å². The molecule has 1 saturated carbocycles. The monoisotopic (exact) mass is 405 g/mol. The summed E-state index contributed by atoms with van der Waals surface area (Å²) in [5.74, 6) is 0.492. The fourth-order valence-electron chi connectivity index (χ4n) is 2.83. The summed E-state index contributed by atoms with van der Waals surface area (Å²) in [7, 11) is -3.53. The number of hydrogen-bond donors (Lipinski definition) is 1. The molecule has 6 nitrogen and oxygen atoms in total. The number of ether oxygens (including phenoxy) is 2. The second kappa shape index (κ2) is 7.56. The van der Waals surface area contributed by atoms with Gasteiger partial charge in [0.2, 0.25) is 10.0 Å². The minimum atomic E-state index is -3.53. The van der Waals surface area contributed by atoms with E-state index in [0.717, 1.165) is 17.5 Å². The molecule has 0 radical (unpaired) electrons. The van der Waals surface area contributed by atoms with Gasteiger partial charge in [0.25, 0.3) is 0 Å². The Bertz CT molecular complexity index is 950. The zero-order chi connectivity index (χ0) is 20.5. The van der Waals surface area contributed by atoms with Crippen LogP contribution in [-0.4, -0.2) is 26.2 Å². The topological polar surface area (TPSA) is 81.7 Å². The van der Waals surface area contributed by atoms with Gasteiger partial charge in [-0.05, 0) is 63.9 Å². The SMILES string of the molecule is Cc1ccc(S(=O)(=O)N[C@@H]2C[C@H]2c2ccc(OC(=O)OC(C)(C)C)cc2)cc1.[HH]. The molecular weight excluding hydrogens is 378 g/mol. The van der Waals surface area contributed by atoms with E-state index in [4.69, 9.17) is 9.47 Å². The summed E-state index contributed by atoms with van der Waals surface area (Å²) in [6, 6.07) is 13.7. The van der Waals surface area contributed by atoms with Crippen LogP contribution in [0, 0.1) is 6.92 Å². The molecule has 0 unspecified atom stereocenters. The van der Waals surface area contributed by atoms with Crippen molar-refractivity contribution in [2.24, 2.45) is 0 Å². The van der Waals surface area contributed by atoms with Crippen molar-refractivity contribution >= 4 is 16.2 Å². The number of sulfonamides is 1. The highest BCUT2D eigenvalue weighted by Gasteiger charge is 2.41. The molecule has 0 aliphatic heterocycles. The molecule has 2 atom stereocenters. The van der Waals surface area contributed by atoms with Crippen LogP contribution in [0.2, 0.25) is 0 Å². The number of rotatable bonds is 5. The molecule has 2 aromatic rings. The normalized spacial score (nSPS) is 19.1. The van der Waals surface area contributed by atoms with Crippen LogP contribution in [0.25, 0.3) is 0 Å². The summed E-state index contributed by atoms with van der Waals surface area (Å²) in [5.41, 5.74) is 1.39. The van der Waals surface area contributed by atoms with Crippen molar-refractivity contribution in [1.82, 2.24) is 4.72 Å². The third-order valence-electron chi connectivity index (χ3n) is 4.33.